The van der Waals surface area contributed by atoms with Gasteiger partial charge in [0.15, 0.2) is 0 Å². The maximum Gasteiger partial charge on any atom is 0.122 e. The van der Waals surface area contributed by atoms with Gasteiger partial charge in [-0.25, -0.2) is 0 Å². The van der Waals surface area contributed by atoms with Crippen molar-refractivity contribution in [2.75, 3.05) is 19.7 Å². The van der Waals surface area contributed by atoms with Crippen LogP contribution in [0.3, 0.4) is 0 Å². The van der Waals surface area contributed by atoms with Crippen molar-refractivity contribution in [3.63, 3.8) is 0 Å². The van der Waals surface area contributed by atoms with Crippen molar-refractivity contribution in [1.82, 2.24) is 5.32 Å². The molecule has 0 aromatic heterocycles. The fourth-order valence-electron chi connectivity index (χ4n) is 2.53. The second kappa shape index (κ2) is 4.69. The molecule has 1 aliphatic heterocycles. The minimum atomic E-state index is 0.643. The highest BCUT2D eigenvalue weighted by molar-refractivity contribution is 5.40. The Bertz CT molecular complexity index is 392. The Balaban J connectivity index is 1.78. The van der Waals surface area contributed by atoms with Crippen LogP contribution in [0.15, 0.2) is 18.2 Å². The fourth-order valence-corrected chi connectivity index (χ4v) is 2.53. The number of nitrogens with one attached hydrogen (secondary N) is 1. The van der Waals surface area contributed by atoms with Gasteiger partial charge in [0, 0.05) is 12.5 Å². The molecule has 0 bridgehead atoms. The Morgan fingerprint density at radius 3 is 2.88 bits per heavy atom. The maximum absolute atomic E-state index is 6.00. The SMILES string of the molecule is Cc1ccc(OCC2CC2)c(C2CCNC2)c1. The third kappa shape index (κ3) is 2.63. The van der Waals surface area contributed by atoms with Crippen LogP contribution >= 0.6 is 0 Å². The van der Waals surface area contributed by atoms with Gasteiger partial charge in [-0.05, 0) is 50.3 Å². The normalized spacial score (nSPS) is 23.9. The second-order valence-corrected chi connectivity index (χ2v) is 5.49. The van der Waals surface area contributed by atoms with E-state index in [0.717, 1.165) is 31.4 Å². The van der Waals surface area contributed by atoms with Crippen molar-refractivity contribution in [1.29, 1.82) is 0 Å². The summed E-state index contributed by atoms with van der Waals surface area (Å²) in [5.74, 6) is 2.59. The molecule has 0 spiro atoms. The van der Waals surface area contributed by atoms with Crippen molar-refractivity contribution in [2.45, 2.75) is 32.1 Å². The summed E-state index contributed by atoms with van der Waals surface area (Å²) >= 11 is 0. The van der Waals surface area contributed by atoms with Crippen LogP contribution in [0.4, 0.5) is 0 Å². The molecule has 1 heterocycles. The molecule has 3 rings (SSSR count). The van der Waals surface area contributed by atoms with Gasteiger partial charge in [-0.2, -0.15) is 0 Å². The summed E-state index contributed by atoms with van der Waals surface area (Å²) in [6.07, 6.45) is 3.95. The highest BCUT2D eigenvalue weighted by atomic mass is 16.5. The molecule has 2 aliphatic rings. The first-order valence-electron chi connectivity index (χ1n) is 6.77. The predicted octanol–water partition coefficient (Wildman–Crippen LogP) is 2.86. The smallest absolute Gasteiger partial charge is 0.122 e. The summed E-state index contributed by atoms with van der Waals surface area (Å²) in [6, 6.07) is 6.62. The van der Waals surface area contributed by atoms with Crippen LogP contribution in [0.25, 0.3) is 0 Å². The Hall–Kier alpha value is -1.02. The van der Waals surface area contributed by atoms with Crippen LogP contribution in [0.1, 0.15) is 36.3 Å². The van der Waals surface area contributed by atoms with Crippen LogP contribution in [0.2, 0.25) is 0 Å². The molecule has 1 aromatic rings. The van der Waals surface area contributed by atoms with E-state index in [0.29, 0.717) is 5.92 Å². The molecule has 2 nitrogen and oxygen atoms in total. The van der Waals surface area contributed by atoms with Crippen LogP contribution in [0, 0.1) is 12.8 Å². The molecule has 17 heavy (non-hydrogen) atoms. The summed E-state index contributed by atoms with van der Waals surface area (Å²) < 4.78 is 6.00. The lowest BCUT2D eigenvalue weighted by Gasteiger charge is -2.16. The van der Waals surface area contributed by atoms with Gasteiger partial charge in [0.2, 0.25) is 0 Å². The first kappa shape index (κ1) is 11.1. The standard InChI is InChI=1S/C15H21NO/c1-11-2-5-15(17-10-12-3-4-12)14(8-11)13-6-7-16-9-13/h2,5,8,12-13,16H,3-4,6-7,9-10H2,1H3. The van der Waals surface area contributed by atoms with E-state index in [1.54, 1.807) is 0 Å². The minimum absolute atomic E-state index is 0.643. The van der Waals surface area contributed by atoms with Crippen LogP contribution in [-0.2, 0) is 0 Å². The molecule has 1 unspecified atom stereocenters. The van der Waals surface area contributed by atoms with E-state index in [9.17, 15) is 0 Å². The first-order chi connectivity index (χ1) is 8.33. The van der Waals surface area contributed by atoms with E-state index in [4.69, 9.17) is 4.74 Å². The first-order valence-corrected chi connectivity index (χ1v) is 6.77. The number of benzene rings is 1. The molecule has 1 saturated heterocycles. The van der Waals surface area contributed by atoms with Gasteiger partial charge < -0.3 is 10.1 Å². The zero-order valence-corrected chi connectivity index (χ0v) is 10.5. The van der Waals surface area contributed by atoms with Crippen molar-refractivity contribution in [2.24, 2.45) is 5.92 Å². The third-order valence-electron chi connectivity index (χ3n) is 3.84. The quantitative estimate of drug-likeness (QED) is 0.860. The summed E-state index contributed by atoms with van der Waals surface area (Å²) in [6.45, 7) is 5.32. The van der Waals surface area contributed by atoms with Gasteiger partial charge in [-0.1, -0.05) is 17.7 Å². The summed E-state index contributed by atoms with van der Waals surface area (Å²) in [4.78, 5) is 0. The van der Waals surface area contributed by atoms with E-state index in [1.807, 2.05) is 0 Å². The lowest BCUT2D eigenvalue weighted by Crippen LogP contribution is -2.10. The summed E-state index contributed by atoms with van der Waals surface area (Å²) in [5.41, 5.74) is 2.75. The third-order valence-corrected chi connectivity index (χ3v) is 3.84. The molecular weight excluding hydrogens is 210 g/mol. The molecule has 2 fully saturated rings. The highest BCUT2D eigenvalue weighted by Gasteiger charge is 2.24. The number of ether oxygens (including phenoxy) is 1. The van der Waals surface area contributed by atoms with Crippen molar-refractivity contribution in [3.05, 3.63) is 29.3 Å². The zero-order valence-electron chi connectivity index (χ0n) is 10.5. The van der Waals surface area contributed by atoms with Crippen LogP contribution in [-0.4, -0.2) is 19.7 Å². The van der Waals surface area contributed by atoms with Crippen molar-refractivity contribution in [3.8, 4) is 5.75 Å². The molecule has 1 N–H and O–H groups in total. The number of rotatable bonds is 4. The lowest BCUT2D eigenvalue weighted by atomic mass is 9.96. The Morgan fingerprint density at radius 1 is 1.29 bits per heavy atom. The molecule has 92 valence electrons. The van der Waals surface area contributed by atoms with Crippen molar-refractivity contribution >= 4 is 0 Å². The second-order valence-electron chi connectivity index (χ2n) is 5.49. The number of hydrogen-bond acceptors (Lipinski definition) is 2. The zero-order chi connectivity index (χ0) is 11.7. The molecule has 1 aliphatic carbocycles. The Labute approximate surface area is 103 Å². The average Bonchev–Trinajstić information content (AvgIpc) is 3.00. The Kier molecular flexibility index (Phi) is 3.06. The predicted molar refractivity (Wildman–Crippen MR) is 69.6 cm³/mol. The lowest BCUT2D eigenvalue weighted by molar-refractivity contribution is 0.295. The minimum Gasteiger partial charge on any atom is -0.493 e. The van der Waals surface area contributed by atoms with Crippen molar-refractivity contribution < 1.29 is 4.74 Å². The van der Waals surface area contributed by atoms with E-state index in [1.165, 1.54) is 30.4 Å². The molecule has 1 atom stereocenters. The van der Waals surface area contributed by atoms with Gasteiger partial charge in [-0.15, -0.1) is 0 Å². The topological polar surface area (TPSA) is 21.3 Å². The van der Waals surface area contributed by atoms with Gasteiger partial charge >= 0.3 is 0 Å². The van der Waals surface area contributed by atoms with Crippen LogP contribution in [0.5, 0.6) is 5.75 Å². The van der Waals surface area contributed by atoms with Gasteiger partial charge in [0.05, 0.1) is 6.61 Å². The van der Waals surface area contributed by atoms with Gasteiger partial charge in [0.1, 0.15) is 5.75 Å². The van der Waals surface area contributed by atoms with E-state index in [-0.39, 0.29) is 0 Å². The summed E-state index contributed by atoms with van der Waals surface area (Å²) in [5, 5.41) is 3.44. The molecule has 1 saturated carbocycles. The summed E-state index contributed by atoms with van der Waals surface area (Å²) in [7, 11) is 0. The molecule has 0 radical (unpaired) electrons. The van der Waals surface area contributed by atoms with E-state index >= 15 is 0 Å². The van der Waals surface area contributed by atoms with Crippen LogP contribution < -0.4 is 10.1 Å². The monoisotopic (exact) mass is 231 g/mol. The fraction of sp³-hybridized carbons (Fsp3) is 0.600. The number of hydrogen-bond donors (Lipinski definition) is 1. The maximum atomic E-state index is 6.00. The molecular formula is C15H21NO. The molecule has 0 amide bonds. The Morgan fingerprint density at radius 2 is 2.18 bits per heavy atom. The number of aryl methyl sites for hydroxylation is 1. The van der Waals surface area contributed by atoms with E-state index < -0.39 is 0 Å². The van der Waals surface area contributed by atoms with E-state index in [2.05, 4.69) is 30.4 Å². The van der Waals surface area contributed by atoms with Gasteiger partial charge in [-0.3, -0.25) is 0 Å². The molecule has 2 heteroatoms. The average molecular weight is 231 g/mol. The highest BCUT2D eigenvalue weighted by Crippen LogP contribution is 2.34. The largest absolute Gasteiger partial charge is 0.493 e. The molecule has 1 aromatic carbocycles. The van der Waals surface area contributed by atoms with Gasteiger partial charge in [0.25, 0.3) is 0 Å².